The van der Waals surface area contributed by atoms with Crippen LogP contribution in [0.2, 0.25) is 0 Å². The molecule has 1 aromatic rings. The summed E-state index contributed by atoms with van der Waals surface area (Å²) >= 11 is 0. The number of esters is 4. The van der Waals surface area contributed by atoms with Crippen molar-refractivity contribution in [3.63, 3.8) is 0 Å². The Morgan fingerprint density at radius 1 is 0.952 bits per heavy atom. The van der Waals surface area contributed by atoms with Gasteiger partial charge in [-0.25, -0.2) is 14.4 Å². The number of fused-ring (bicyclic) bond motifs is 5. The molecule has 4 saturated carbocycles. The number of ether oxygens (including phenoxy) is 6. The van der Waals surface area contributed by atoms with Gasteiger partial charge in [0, 0.05) is 25.2 Å². The third-order valence-corrected chi connectivity index (χ3v) is 14.6. The Morgan fingerprint density at radius 2 is 1.58 bits per heavy atom. The number of aliphatic hydroxyl groups excluding tert-OH is 2. The second-order valence-electron chi connectivity index (χ2n) is 20.7. The van der Waals surface area contributed by atoms with E-state index in [0.29, 0.717) is 19.3 Å². The van der Waals surface area contributed by atoms with Crippen LogP contribution in [0.25, 0.3) is 0 Å². The fourth-order valence-corrected chi connectivity index (χ4v) is 10.7. The quantitative estimate of drug-likeness (QED) is 0.149. The molecule has 1 heterocycles. The molecule has 2 bridgehead atoms. The molecule has 16 nitrogen and oxygen atoms in total. The maximum Gasteiger partial charge on any atom is 0.407 e. The number of benzene rings is 1. The highest BCUT2D eigenvalue weighted by Gasteiger charge is 2.78. The number of amides is 1. The molecular formula is C46H61NO15. The molecule has 1 aromatic carbocycles. The lowest BCUT2D eigenvalue weighted by molar-refractivity contribution is -0.346. The Hall–Kier alpha value is -4.38. The van der Waals surface area contributed by atoms with Crippen molar-refractivity contribution in [1.82, 2.24) is 5.32 Å². The summed E-state index contributed by atoms with van der Waals surface area (Å²) in [5, 5.41) is 40.3. The van der Waals surface area contributed by atoms with E-state index >= 15 is 4.79 Å². The van der Waals surface area contributed by atoms with Crippen molar-refractivity contribution in [2.75, 3.05) is 6.61 Å². The standard InChI is InChI=1S/C46H61NO15/c1-22-27(58-39(54)32(50)31(26-19-42(26,6)7)47-40(55)62-41(3,4)5)20-46(56)36(60-38(53)24-14-12-11-13-15-24)34-44(10,28(49)18-29-45(34,21-57-29)61-23(2)48)35(51)33(30(22)43(46,8)9)59-37(52)25-16-17-25/h11-15,25-29,31-34,36,49-50,56H,16-21H2,1-10H3,(H,47,55)/t26-,27+,28+,29-,31+,32-,33-,34?,36+,44-,45+,46-/m1/s1. The third kappa shape index (κ3) is 7.61. The van der Waals surface area contributed by atoms with Crippen LogP contribution in [0.1, 0.15) is 112 Å². The first-order chi connectivity index (χ1) is 28.7. The molecule has 4 N–H and O–H groups in total. The Labute approximate surface area is 361 Å². The Balaban J connectivity index is 1.39. The Morgan fingerprint density at radius 3 is 2.11 bits per heavy atom. The van der Waals surface area contributed by atoms with Crippen LogP contribution in [0.15, 0.2) is 41.5 Å². The smallest absolute Gasteiger partial charge is 0.407 e. The maximum atomic E-state index is 15.7. The Kier molecular flexibility index (Phi) is 11.3. The summed E-state index contributed by atoms with van der Waals surface area (Å²) in [5.41, 5.74) is -8.69. The number of nitrogens with one attached hydrogen (secondary N) is 1. The van der Waals surface area contributed by atoms with Crippen LogP contribution >= 0.6 is 0 Å². The van der Waals surface area contributed by atoms with E-state index in [1.807, 2.05) is 13.8 Å². The molecule has 5 fully saturated rings. The zero-order valence-electron chi connectivity index (χ0n) is 37.1. The van der Waals surface area contributed by atoms with E-state index in [4.69, 9.17) is 28.4 Å². The van der Waals surface area contributed by atoms with Crippen molar-refractivity contribution in [1.29, 1.82) is 0 Å². The number of ketones is 1. The van der Waals surface area contributed by atoms with E-state index in [-0.39, 0.29) is 41.1 Å². The predicted octanol–water partition coefficient (Wildman–Crippen LogP) is 3.89. The normalized spacial score (nSPS) is 36.4. The molecule has 1 saturated heterocycles. The first kappa shape index (κ1) is 45.6. The van der Waals surface area contributed by atoms with Gasteiger partial charge in [-0.15, -0.1) is 0 Å². The van der Waals surface area contributed by atoms with E-state index in [2.05, 4.69) is 5.32 Å². The minimum Gasteiger partial charge on any atom is -0.456 e. The monoisotopic (exact) mass is 867 g/mol. The fraction of sp³-hybridized carbons (Fsp3) is 0.696. The molecule has 1 aliphatic heterocycles. The van der Waals surface area contributed by atoms with Gasteiger partial charge in [-0.2, -0.15) is 0 Å². The SMILES string of the molecule is CC(=O)O[C@@]12CO[C@@H]1C[C@H](O)[C@@]1(C)C(=O)[C@H](OC(=O)C3CC3)C3=C(C)[C@@H](OC(=O)[C@H](O)[C@@H](NC(=O)OC(C)(C)C)[C@H]4CC4(C)C)C[C@@](O)([C@@H](OC(=O)c4ccccc4)C12)C3(C)C. The van der Waals surface area contributed by atoms with Crippen LogP contribution in [0.5, 0.6) is 0 Å². The van der Waals surface area contributed by atoms with Gasteiger partial charge in [0.1, 0.15) is 29.5 Å². The number of aliphatic hydroxyl groups is 3. The van der Waals surface area contributed by atoms with Gasteiger partial charge in [0.05, 0.1) is 41.6 Å². The number of carbonyl (C=O) groups excluding carboxylic acids is 6. The van der Waals surface area contributed by atoms with E-state index < -0.39 is 124 Å². The molecule has 1 unspecified atom stereocenters. The molecule has 0 aromatic heterocycles. The summed E-state index contributed by atoms with van der Waals surface area (Å²) in [7, 11) is 0. The van der Waals surface area contributed by atoms with Crippen LogP contribution < -0.4 is 5.32 Å². The van der Waals surface area contributed by atoms with Crippen molar-refractivity contribution >= 4 is 35.8 Å². The van der Waals surface area contributed by atoms with E-state index in [1.54, 1.807) is 59.7 Å². The lowest BCUT2D eigenvalue weighted by Gasteiger charge is -2.67. The first-order valence-corrected chi connectivity index (χ1v) is 21.5. The number of hydrogen-bond acceptors (Lipinski definition) is 15. The topological polar surface area (TPSA) is 231 Å². The average molecular weight is 868 g/mol. The van der Waals surface area contributed by atoms with Gasteiger partial charge >= 0.3 is 30.0 Å². The zero-order valence-corrected chi connectivity index (χ0v) is 37.1. The molecule has 340 valence electrons. The highest BCUT2D eigenvalue weighted by Crippen LogP contribution is 2.64. The average Bonchev–Trinajstić information content (AvgIpc) is 4.11. The lowest BCUT2D eigenvalue weighted by Crippen LogP contribution is -2.82. The van der Waals surface area contributed by atoms with Crippen LogP contribution in [0.3, 0.4) is 0 Å². The van der Waals surface area contributed by atoms with Crippen LogP contribution in [0, 0.1) is 34.0 Å². The van der Waals surface area contributed by atoms with Gasteiger partial charge < -0.3 is 49.1 Å². The highest BCUT2D eigenvalue weighted by atomic mass is 16.6. The van der Waals surface area contributed by atoms with Crippen molar-refractivity contribution in [2.24, 2.45) is 34.0 Å². The minimum absolute atomic E-state index is 0.0467. The summed E-state index contributed by atoms with van der Waals surface area (Å²) in [4.78, 5) is 84.1. The largest absolute Gasteiger partial charge is 0.456 e. The molecule has 0 radical (unpaired) electrons. The summed E-state index contributed by atoms with van der Waals surface area (Å²) in [5.74, 6) is -6.73. The van der Waals surface area contributed by atoms with Gasteiger partial charge in [0.25, 0.3) is 0 Å². The molecular weight excluding hydrogens is 806 g/mol. The second-order valence-corrected chi connectivity index (χ2v) is 20.7. The van der Waals surface area contributed by atoms with Crippen molar-refractivity contribution in [3.8, 4) is 0 Å². The van der Waals surface area contributed by atoms with E-state index in [0.717, 1.165) is 0 Å². The predicted molar refractivity (Wildman–Crippen MR) is 217 cm³/mol. The van der Waals surface area contributed by atoms with Gasteiger partial charge in [-0.05, 0) is 88.5 Å². The van der Waals surface area contributed by atoms with Crippen LogP contribution in [0.4, 0.5) is 4.79 Å². The summed E-state index contributed by atoms with van der Waals surface area (Å²) in [6.07, 6.45) is -9.48. The molecule has 0 spiro atoms. The Bertz CT molecular complexity index is 2050. The molecule has 5 aliphatic carbocycles. The minimum atomic E-state index is -2.37. The second kappa shape index (κ2) is 15.4. The fourth-order valence-electron chi connectivity index (χ4n) is 10.7. The molecule has 12 atom stereocenters. The van der Waals surface area contributed by atoms with Crippen molar-refractivity contribution < 1.29 is 72.5 Å². The van der Waals surface area contributed by atoms with E-state index in [9.17, 15) is 39.3 Å². The first-order valence-electron chi connectivity index (χ1n) is 21.5. The number of hydrogen-bond donors (Lipinski definition) is 4. The van der Waals surface area contributed by atoms with E-state index in [1.165, 1.54) is 26.0 Å². The third-order valence-electron chi connectivity index (χ3n) is 14.6. The lowest BCUT2D eigenvalue weighted by atomic mass is 9.44. The number of rotatable bonds is 10. The number of carbonyl (C=O) groups is 6. The summed E-state index contributed by atoms with van der Waals surface area (Å²) in [6.45, 7) is 15.9. The van der Waals surface area contributed by atoms with Crippen molar-refractivity contribution in [2.45, 2.75) is 161 Å². The van der Waals surface area contributed by atoms with Gasteiger partial charge in [0.15, 0.2) is 23.6 Å². The van der Waals surface area contributed by atoms with Gasteiger partial charge in [0.2, 0.25) is 0 Å². The molecule has 1 amide bonds. The van der Waals surface area contributed by atoms with Gasteiger partial charge in [-0.1, -0.05) is 45.9 Å². The van der Waals surface area contributed by atoms with Crippen LogP contribution in [-0.2, 0) is 47.6 Å². The molecule has 6 aliphatic rings. The molecule has 16 heteroatoms. The highest BCUT2D eigenvalue weighted by molar-refractivity contribution is 5.96. The van der Waals surface area contributed by atoms with Gasteiger partial charge in [-0.3, -0.25) is 14.4 Å². The molecule has 7 rings (SSSR count). The number of Topliss-reactive ketones (excluding diaryl/α,β-unsaturated/α-hetero) is 1. The maximum absolute atomic E-state index is 15.7. The van der Waals surface area contributed by atoms with Crippen molar-refractivity contribution in [3.05, 3.63) is 47.0 Å². The summed E-state index contributed by atoms with van der Waals surface area (Å²) < 4.78 is 36.2. The van der Waals surface area contributed by atoms with Crippen LogP contribution in [-0.4, -0.2) is 117 Å². The summed E-state index contributed by atoms with van der Waals surface area (Å²) in [6, 6.07) is 6.76. The zero-order chi connectivity index (χ0) is 45.7. The molecule has 62 heavy (non-hydrogen) atoms. The number of alkyl carbamates (subject to hydrolysis) is 1.